The van der Waals surface area contributed by atoms with Crippen molar-refractivity contribution >= 4 is 11.6 Å². The highest BCUT2D eigenvalue weighted by Gasteiger charge is 2.18. The minimum Gasteiger partial charge on any atom is -0.399 e. The molecular formula is C13H14F2N4O. The first-order valence-corrected chi connectivity index (χ1v) is 5.92. The number of nitrogen functional groups attached to an aromatic ring is 1. The maximum absolute atomic E-state index is 12.2. The highest BCUT2D eigenvalue weighted by Crippen LogP contribution is 2.12. The lowest BCUT2D eigenvalue weighted by Crippen LogP contribution is -2.31. The third kappa shape index (κ3) is 3.11. The van der Waals surface area contributed by atoms with E-state index in [0.717, 1.165) is 4.90 Å². The van der Waals surface area contributed by atoms with Crippen LogP contribution in [0.3, 0.4) is 0 Å². The van der Waals surface area contributed by atoms with Crippen LogP contribution in [-0.2, 0) is 0 Å². The van der Waals surface area contributed by atoms with Gasteiger partial charge in [-0.3, -0.25) is 4.79 Å². The molecule has 0 saturated heterocycles. The van der Waals surface area contributed by atoms with E-state index in [1.165, 1.54) is 17.8 Å². The van der Waals surface area contributed by atoms with Crippen LogP contribution in [0.5, 0.6) is 0 Å². The molecule has 106 valence electrons. The molecule has 0 aliphatic rings. The Hall–Kier alpha value is -2.44. The lowest BCUT2D eigenvalue weighted by atomic mass is 10.3. The molecule has 5 nitrogen and oxygen atoms in total. The van der Waals surface area contributed by atoms with Gasteiger partial charge in [0.15, 0.2) is 5.69 Å². The molecule has 7 heteroatoms. The van der Waals surface area contributed by atoms with E-state index in [1.807, 2.05) is 0 Å². The molecule has 0 aliphatic carbocycles. The van der Waals surface area contributed by atoms with Crippen molar-refractivity contribution in [2.24, 2.45) is 0 Å². The van der Waals surface area contributed by atoms with Gasteiger partial charge in [-0.15, -0.1) is 0 Å². The van der Waals surface area contributed by atoms with Crippen LogP contribution in [0.2, 0.25) is 0 Å². The van der Waals surface area contributed by atoms with E-state index in [9.17, 15) is 13.6 Å². The topological polar surface area (TPSA) is 64.2 Å². The van der Waals surface area contributed by atoms with E-state index in [2.05, 4.69) is 5.10 Å². The molecule has 0 bridgehead atoms. The highest BCUT2D eigenvalue weighted by atomic mass is 19.3. The van der Waals surface area contributed by atoms with E-state index in [4.69, 9.17) is 5.73 Å². The first-order valence-electron chi connectivity index (χ1n) is 5.92. The van der Waals surface area contributed by atoms with Gasteiger partial charge in [0.05, 0.1) is 12.2 Å². The molecule has 2 rings (SSSR count). The van der Waals surface area contributed by atoms with Gasteiger partial charge >= 0.3 is 0 Å². The second-order valence-corrected chi connectivity index (χ2v) is 4.32. The Kier molecular flexibility index (Phi) is 3.97. The summed E-state index contributed by atoms with van der Waals surface area (Å²) in [5.41, 5.74) is 7.04. The summed E-state index contributed by atoms with van der Waals surface area (Å²) in [6, 6.07) is 8.45. The highest BCUT2D eigenvalue weighted by molar-refractivity contribution is 5.92. The number of amides is 1. The minimum absolute atomic E-state index is 0.107. The Morgan fingerprint density at radius 3 is 2.85 bits per heavy atom. The largest absolute Gasteiger partial charge is 0.399 e. The van der Waals surface area contributed by atoms with Gasteiger partial charge in [-0.25, -0.2) is 13.5 Å². The van der Waals surface area contributed by atoms with Crippen molar-refractivity contribution in [3.05, 3.63) is 42.2 Å². The average Bonchev–Trinajstić information content (AvgIpc) is 2.86. The van der Waals surface area contributed by atoms with Crippen LogP contribution in [0.1, 0.15) is 10.5 Å². The van der Waals surface area contributed by atoms with E-state index < -0.39 is 18.9 Å². The fraction of sp³-hybridized carbons (Fsp3) is 0.231. The molecule has 1 heterocycles. The number of carbonyl (C=O) groups excluding carboxylic acids is 1. The Balaban J connectivity index is 2.19. The lowest BCUT2D eigenvalue weighted by Gasteiger charge is -2.14. The Morgan fingerprint density at radius 2 is 2.20 bits per heavy atom. The summed E-state index contributed by atoms with van der Waals surface area (Å²) in [4.78, 5) is 12.8. The maximum Gasteiger partial charge on any atom is 0.274 e. The summed E-state index contributed by atoms with van der Waals surface area (Å²) < 4.78 is 26.0. The van der Waals surface area contributed by atoms with Gasteiger partial charge < -0.3 is 10.6 Å². The van der Waals surface area contributed by atoms with Crippen LogP contribution in [0, 0.1) is 0 Å². The fourth-order valence-electron chi connectivity index (χ4n) is 1.73. The van der Waals surface area contributed by atoms with Gasteiger partial charge in [0, 0.05) is 18.9 Å². The number of alkyl halides is 2. The second kappa shape index (κ2) is 5.68. The van der Waals surface area contributed by atoms with Crippen LogP contribution in [0.25, 0.3) is 5.69 Å². The number of halogens is 2. The second-order valence-electron chi connectivity index (χ2n) is 4.32. The van der Waals surface area contributed by atoms with Gasteiger partial charge in [-0.1, -0.05) is 6.07 Å². The summed E-state index contributed by atoms with van der Waals surface area (Å²) in [6.45, 7) is -0.621. The van der Waals surface area contributed by atoms with Crippen molar-refractivity contribution in [2.45, 2.75) is 6.43 Å². The first kappa shape index (κ1) is 14.0. The van der Waals surface area contributed by atoms with Crippen molar-refractivity contribution in [3.63, 3.8) is 0 Å². The Morgan fingerprint density at radius 1 is 1.45 bits per heavy atom. The predicted molar refractivity (Wildman–Crippen MR) is 70.9 cm³/mol. The monoisotopic (exact) mass is 280 g/mol. The van der Waals surface area contributed by atoms with E-state index in [0.29, 0.717) is 11.4 Å². The Labute approximate surface area is 114 Å². The van der Waals surface area contributed by atoms with Crippen molar-refractivity contribution in [2.75, 3.05) is 19.3 Å². The third-order valence-corrected chi connectivity index (χ3v) is 2.70. The van der Waals surface area contributed by atoms with Crippen molar-refractivity contribution < 1.29 is 13.6 Å². The third-order valence-electron chi connectivity index (χ3n) is 2.70. The average molecular weight is 280 g/mol. The standard InChI is InChI=1S/C13H14F2N4O/c1-18(8-12(14)15)13(20)11-5-6-19(17-11)10-4-2-3-9(16)7-10/h2-7,12H,8,16H2,1H3. The van der Waals surface area contributed by atoms with Crippen molar-refractivity contribution in [1.82, 2.24) is 14.7 Å². The lowest BCUT2D eigenvalue weighted by molar-refractivity contribution is 0.0615. The molecule has 0 aliphatic heterocycles. The van der Waals surface area contributed by atoms with Crippen molar-refractivity contribution in [1.29, 1.82) is 0 Å². The summed E-state index contributed by atoms with van der Waals surface area (Å²) in [7, 11) is 1.31. The zero-order valence-corrected chi connectivity index (χ0v) is 10.8. The van der Waals surface area contributed by atoms with Crippen LogP contribution >= 0.6 is 0 Å². The van der Waals surface area contributed by atoms with Gasteiger partial charge in [0.1, 0.15) is 0 Å². The maximum atomic E-state index is 12.2. The van der Waals surface area contributed by atoms with Crippen LogP contribution in [-0.4, -0.2) is 40.6 Å². The van der Waals surface area contributed by atoms with Crippen LogP contribution in [0.4, 0.5) is 14.5 Å². The number of anilines is 1. The summed E-state index contributed by atoms with van der Waals surface area (Å²) in [5.74, 6) is -0.548. The molecule has 0 atom stereocenters. The molecule has 1 aromatic carbocycles. The van der Waals surface area contributed by atoms with Crippen molar-refractivity contribution in [3.8, 4) is 5.69 Å². The Bertz CT molecular complexity index is 612. The molecule has 2 aromatic rings. The number of rotatable bonds is 4. The SMILES string of the molecule is CN(CC(F)F)C(=O)c1ccn(-c2cccc(N)c2)n1. The molecule has 20 heavy (non-hydrogen) atoms. The van der Waals surface area contributed by atoms with Crippen LogP contribution in [0.15, 0.2) is 36.5 Å². The molecule has 0 fully saturated rings. The number of aromatic nitrogens is 2. The molecule has 0 saturated carbocycles. The molecular weight excluding hydrogens is 266 g/mol. The quantitative estimate of drug-likeness (QED) is 0.868. The molecule has 1 aromatic heterocycles. The van der Waals surface area contributed by atoms with Gasteiger partial charge in [0.2, 0.25) is 0 Å². The predicted octanol–water partition coefficient (Wildman–Crippen LogP) is 1.79. The summed E-state index contributed by atoms with van der Waals surface area (Å²) >= 11 is 0. The molecule has 2 N–H and O–H groups in total. The molecule has 1 amide bonds. The summed E-state index contributed by atoms with van der Waals surface area (Å²) in [5, 5.41) is 4.07. The number of carbonyl (C=O) groups is 1. The van der Waals surface area contributed by atoms with Gasteiger partial charge in [-0.2, -0.15) is 5.10 Å². The zero-order valence-electron chi connectivity index (χ0n) is 10.8. The molecule has 0 spiro atoms. The number of hydrogen-bond acceptors (Lipinski definition) is 3. The first-order chi connectivity index (χ1) is 9.47. The normalized spacial score (nSPS) is 10.8. The zero-order chi connectivity index (χ0) is 14.7. The number of benzene rings is 1. The summed E-state index contributed by atoms with van der Waals surface area (Å²) in [6.07, 6.45) is -0.988. The fourth-order valence-corrected chi connectivity index (χ4v) is 1.73. The molecule has 0 unspecified atom stereocenters. The van der Waals surface area contributed by atoms with Gasteiger partial charge in [0.25, 0.3) is 12.3 Å². The van der Waals surface area contributed by atoms with Gasteiger partial charge in [-0.05, 0) is 24.3 Å². The molecule has 0 radical (unpaired) electrons. The van der Waals surface area contributed by atoms with E-state index >= 15 is 0 Å². The van der Waals surface area contributed by atoms with E-state index in [-0.39, 0.29) is 5.69 Å². The number of nitrogens with two attached hydrogens (primary N) is 1. The smallest absolute Gasteiger partial charge is 0.274 e. The number of nitrogens with zero attached hydrogens (tertiary/aromatic N) is 3. The van der Waals surface area contributed by atoms with E-state index in [1.54, 1.807) is 30.5 Å². The minimum atomic E-state index is -2.57. The number of hydrogen-bond donors (Lipinski definition) is 1. The van der Waals surface area contributed by atoms with Crippen LogP contribution < -0.4 is 5.73 Å².